The predicted octanol–water partition coefficient (Wildman–Crippen LogP) is 6.94. The van der Waals surface area contributed by atoms with Crippen molar-refractivity contribution in [2.24, 2.45) is 0 Å². The Labute approximate surface area is 214 Å². The van der Waals surface area contributed by atoms with E-state index < -0.39 is 23.8 Å². The number of carboxylic acids is 1. The van der Waals surface area contributed by atoms with Gasteiger partial charge in [-0.25, -0.2) is 9.78 Å². The first kappa shape index (κ1) is 26.0. The van der Waals surface area contributed by atoms with E-state index in [-0.39, 0.29) is 6.61 Å². The number of halogens is 3. The zero-order valence-corrected chi connectivity index (χ0v) is 20.6. The van der Waals surface area contributed by atoms with Crippen molar-refractivity contribution < 1.29 is 37.3 Å². The zero-order chi connectivity index (χ0) is 26.6. The molecule has 0 saturated carbocycles. The van der Waals surface area contributed by atoms with E-state index in [1.165, 1.54) is 30.4 Å². The first-order chi connectivity index (χ1) is 17.6. The van der Waals surface area contributed by atoms with Crippen LogP contribution < -0.4 is 14.2 Å². The molecule has 1 unspecified atom stereocenters. The van der Waals surface area contributed by atoms with Gasteiger partial charge in [-0.1, -0.05) is 12.1 Å². The lowest BCUT2D eigenvalue weighted by molar-refractivity contribution is -0.144. The predicted molar refractivity (Wildman–Crippen MR) is 133 cm³/mol. The zero-order valence-electron chi connectivity index (χ0n) is 19.8. The smallest absolute Gasteiger partial charge is 0.416 e. The minimum absolute atomic E-state index is 0.125. The highest BCUT2D eigenvalue weighted by Gasteiger charge is 2.30. The summed E-state index contributed by atoms with van der Waals surface area (Å²) in [5.41, 5.74) is 1.29. The Hall–Kier alpha value is -4.05. The van der Waals surface area contributed by atoms with E-state index in [4.69, 9.17) is 24.3 Å². The number of carbonyl (C=O) groups is 1. The van der Waals surface area contributed by atoms with Gasteiger partial charge in [-0.15, -0.1) is 11.3 Å². The van der Waals surface area contributed by atoms with Gasteiger partial charge in [0.15, 0.2) is 6.10 Å². The third kappa shape index (κ3) is 6.39. The fraction of sp³-hybridized carbons (Fsp3) is 0.185. The van der Waals surface area contributed by atoms with Crippen molar-refractivity contribution in [3.8, 4) is 38.9 Å². The Kier molecular flexibility index (Phi) is 7.68. The minimum atomic E-state index is -4.42. The summed E-state index contributed by atoms with van der Waals surface area (Å²) in [6, 6.07) is 18.7. The number of aromatic nitrogens is 1. The van der Waals surface area contributed by atoms with Gasteiger partial charge in [-0.2, -0.15) is 13.2 Å². The van der Waals surface area contributed by atoms with Crippen LogP contribution in [0.4, 0.5) is 13.2 Å². The van der Waals surface area contributed by atoms with Crippen LogP contribution in [0, 0.1) is 0 Å². The molecule has 0 saturated heterocycles. The molecule has 0 amide bonds. The molecule has 3 aromatic carbocycles. The molecule has 10 heteroatoms. The number of hydrogen-bond donors (Lipinski definition) is 1. The van der Waals surface area contributed by atoms with Gasteiger partial charge in [0.25, 0.3) is 0 Å². The average molecular weight is 530 g/mol. The molecular formula is C27H22F3NO5S. The Morgan fingerprint density at radius 3 is 2.05 bits per heavy atom. The van der Waals surface area contributed by atoms with Gasteiger partial charge in [0.1, 0.15) is 28.9 Å². The molecule has 0 fully saturated rings. The highest BCUT2D eigenvalue weighted by Crippen LogP contribution is 2.39. The van der Waals surface area contributed by atoms with Gasteiger partial charge >= 0.3 is 12.1 Å². The van der Waals surface area contributed by atoms with Crippen LogP contribution in [-0.4, -0.2) is 29.3 Å². The molecule has 6 nitrogen and oxygen atoms in total. The van der Waals surface area contributed by atoms with Crippen molar-refractivity contribution in [2.75, 3.05) is 7.11 Å². The van der Waals surface area contributed by atoms with Crippen LogP contribution in [0.2, 0.25) is 0 Å². The second-order valence-electron chi connectivity index (χ2n) is 7.95. The van der Waals surface area contributed by atoms with E-state index in [2.05, 4.69) is 0 Å². The van der Waals surface area contributed by atoms with Crippen molar-refractivity contribution >= 4 is 17.3 Å². The number of aliphatic carboxylic acids is 1. The van der Waals surface area contributed by atoms with Crippen molar-refractivity contribution in [1.82, 2.24) is 4.98 Å². The largest absolute Gasteiger partial charge is 0.497 e. The summed E-state index contributed by atoms with van der Waals surface area (Å²) in [6.07, 6.45) is -5.40. The molecule has 1 N–H and O–H groups in total. The maximum absolute atomic E-state index is 13.1. The van der Waals surface area contributed by atoms with Crippen molar-refractivity contribution in [3.05, 3.63) is 83.4 Å². The summed E-state index contributed by atoms with van der Waals surface area (Å²) in [7, 11) is 1.56. The van der Waals surface area contributed by atoms with Crippen molar-refractivity contribution in [3.63, 3.8) is 0 Å². The third-order valence-electron chi connectivity index (χ3n) is 5.36. The molecule has 0 spiro atoms. The number of hydrogen-bond acceptors (Lipinski definition) is 6. The van der Waals surface area contributed by atoms with Crippen LogP contribution in [0.1, 0.15) is 17.5 Å². The van der Waals surface area contributed by atoms with E-state index in [0.717, 1.165) is 17.7 Å². The summed E-state index contributed by atoms with van der Waals surface area (Å²) in [4.78, 5) is 16.4. The Balaban J connectivity index is 1.58. The maximum Gasteiger partial charge on any atom is 0.416 e. The summed E-state index contributed by atoms with van der Waals surface area (Å²) >= 11 is 1.33. The molecule has 0 aliphatic rings. The second kappa shape index (κ2) is 10.9. The number of alkyl halides is 3. The van der Waals surface area contributed by atoms with Crippen LogP contribution in [0.15, 0.2) is 72.8 Å². The Morgan fingerprint density at radius 2 is 1.49 bits per heavy atom. The van der Waals surface area contributed by atoms with Crippen LogP contribution in [-0.2, 0) is 17.6 Å². The molecule has 192 valence electrons. The van der Waals surface area contributed by atoms with Gasteiger partial charge in [-0.3, -0.25) is 0 Å². The summed E-state index contributed by atoms with van der Waals surface area (Å²) in [6.45, 7) is 1.56. The molecule has 1 aromatic heterocycles. The lowest BCUT2D eigenvalue weighted by Gasteiger charge is -2.11. The molecule has 0 bridgehead atoms. The minimum Gasteiger partial charge on any atom is -0.497 e. The van der Waals surface area contributed by atoms with Gasteiger partial charge in [0.2, 0.25) is 0 Å². The highest BCUT2D eigenvalue weighted by molar-refractivity contribution is 7.15. The number of benzene rings is 3. The van der Waals surface area contributed by atoms with E-state index >= 15 is 0 Å². The first-order valence-electron chi connectivity index (χ1n) is 11.1. The molecule has 0 aliphatic heterocycles. The molecule has 0 radical (unpaired) electrons. The molecule has 4 rings (SSSR count). The van der Waals surface area contributed by atoms with E-state index in [1.54, 1.807) is 43.5 Å². The summed E-state index contributed by atoms with van der Waals surface area (Å²) < 4.78 is 55.5. The summed E-state index contributed by atoms with van der Waals surface area (Å²) in [5, 5.41) is 9.59. The molecule has 1 atom stereocenters. The van der Waals surface area contributed by atoms with Crippen molar-refractivity contribution in [1.29, 1.82) is 0 Å². The number of ether oxygens (including phenoxy) is 3. The number of methoxy groups -OCH3 is 1. The molecule has 4 aromatic rings. The first-order valence-corrected chi connectivity index (χ1v) is 11.9. The standard InChI is InChI=1S/C27H22F3NO5S/c1-16(26(32)33)36-22-13-11-21(12-14-22)35-15-23-31-24(17-5-9-20(34-2)10-6-17)25(37-23)18-3-7-19(8-4-18)27(28,29)30/h3-14,16H,15H2,1-2H3,(H,32,33). The molecule has 0 aliphatic carbocycles. The number of rotatable bonds is 9. The van der Waals surface area contributed by atoms with Crippen molar-refractivity contribution in [2.45, 2.75) is 25.8 Å². The lowest BCUT2D eigenvalue weighted by atomic mass is 10.1. The van der Waals surface area contributed by atoms with Gasteiger partial charge in [0, 0.05) is 5.56 Å². The molecule has 1 heterocycles. The maximum atomic E-state index is 13.1. The average Bonchev–Trinajstić information content (AvgIpc) is 3.32. The number of thiazole rings is 1. The third-order valence-corrected chi connectivity index (χ3v) is 6.43. The Morgan fingerprint density at radius 1 is 0.919 bits per heavy atom. The van der Waals surface area contributed by atoms with Gasteiger partial charge in [-0.05, 0) is 73.2 Å². The van der Waals surface area contributed by atoms with Crippen LogP contribution in [0.25, 0.3) is 21.7 Å². The topological polar surface area (TPSA) is 77.9 Å². The van der Waals surface area contributed by atoms with E-state index in [0.29, 0.717) is 38.4 Å². The summed E-state index contributed by atoms with van der Waals surface area (Å²) in [5.74, 6) is 0.514. The quantitative estimate of drug-likeness (QED) is 0.253. The lowest BCUT2D eigenvalue weighted by Crippen LogP contribution is -2.22. The molecular weight excluding hydrogens is 507 g/mol. The normalized spacial score (nSPS) is 12.1. The van der Waals surface area contributed by atoms with E-state index in [1.807, 2.05) is 12.1 Å². The monoisotopic (exact) mass is 529 g/mol. The Bertz CT molecular complexity index is 1350. The molecule has 37 heavy (non-hydrogen) atoms. The second-order valence-corrected chi connectivity index (χ2v) is 9.03. The number of carboxylic acid groups (broad SMARTS) is 1. The van der Waals surface area contributed by atoms with E-state index in [9.17, 15) is 18.0 Å². The fourth-order valence-electron chi connectivity index (χ4n) is 3.39. The number of nitrogens with zero attached hydrogens (tertiary/aromatic N) is 1. The van der Waals surface area contributed by atoms with Crippen LogP contribution in [0.3, 0.4) is 0 Å². The SMILES string of the molecule is COc1ccc(-c2nc(COc3ccc(OC(C)C(=O)O)cc3)sc2-c2ccc(C(F)(F)F)cc2)cc1. The van der Waals surface area contributed by atoms with Crippen LogP contribution in [0.5, 0.6) is 17.2 Å². The van der Waals surface area contributed by atoms with Gasteiger partial charge < -0.3 is 19.3 Å². The fourth-order valence-corrected chi connectivity index (χ4v) is 4.40. The van der Waals surface area contributed by atoms with Gasteiger partial charge in [0.05, 0.1) is 23.2 Å². The highest BCUT2D eigenvalue weighted by atomic mass is 32.1. The van der Waals surface area contributed by atoms with Crippen LogP contribution >= 0.6 is 11.3 Å².